The van der Waals surface area contributed by atoms with E-state index in [1.54, 1.807) is 0 Å². The van der Waals surface area contributed by atoms with E-state index in [0.29, 0.717) is 3.57 Å². The van der Waals surface area contributed by atoms with Crippen molar-refractivity contribution in [2.45, 2.75) is 13.2 Å². The molecule has 0 spiro atoms. The lowest BCUT2D eigenvalue weighted by Crippen LogP contribution is -2.14. The van der Waals surface area contributed by atoms with Gasteiger partial charge in [-0.15, -0.1) is 0 Å². The molecule has 0 amide bonds. The van der Waals surface area contributed by atoms with Gasteiger partial charge in [0, 0.05) is 3.57 Å². The molecule has 31 heavy (non-hydrogen) atoms. The highest BCUT2D eigenvalue weighted by atomic mass is 127. The maximum Gasteiger partial charge on any atom is 0.342 e. The molecule has 0 aliphatic heterocycles. The number of carbonyl (C=O) groups is 2. The van der Waals surface area contributed by atoms with Crippen LogP contribution in [0, 0.1) is 3.57 Å². The van der Waals surface area contributed by atoms with Crippen molar-refractivity contribution in [2.24, 2.45) is 0 Å². The third-order valence-electron chi connectivity index (χ3n) is 4.43. The first-order valence-corrected chi connectivity index (χ1v) is 10.5. The molecule has 0 unspecified atom stereocenters. The smallest absolute Gasteiger partial charge is 0.342 e. The molecule has 3 aromatic rings. The second-order valence-electron chi connectivity index (χ2n) is 6.47. The summed E-state index contributed by atoms with van der Waals surface area (Å²) in [6.07, 6.45) is 0. The Bertz CT molecular complexity index is 1050. The molecule has 0 radical (unpaired) electrons. The summed E-state index contributed by atoms with van der Waals surface area (Å²) in [5.41, 5.74) is 2.14. The highest BCUT2D eigenvalue weighted by Crippen LogP contribution is 2.40. The van der Waals surface area contributed by atoms with Gasteiger partial charge in [-0.2, -0.15) is 0 Å². The van der Waals surface area contributed by atoms with Gasteiger partial charge in [0.2, 0.25) is 0 Å². The Morgan fingerprint density at radius 2 is 1.23 bits per heavy atom. The predicted octanol–water partition coefficient (Wildman–Crippen LogP) is 5.02. The Balaban J connectivity index is 2.09. The Labute approximate surface area is 194 Å². The molecule has 6 nitrogen and oxygen atoms in total. The van der Waals surface area contributed by atoms with Crippen molar-refractivity contribution in [1.82, 2.24) is 0 Å². The number of carbonyl (C=O) groups excluding carboxylic acids is 2. The highest BCUT2D eigenvalue weighted by Gasteiger charge is 2.28. The number of methoxy groups -OCH3 is 2. The molecule has 0 saturated heterocycles. The molecular weight excluding hydrogens is 511 g/mol. The third kappa shape index (κ3) is 5.55. The van der Waals surface area contributed by atoms with E-state index in [4.69, 9.17) is 18.9 Å². The fourth-order valence-corrected chi connectivity index (χ4v) is 3.68. The van der Waals surface area contributed by atoms with Crippen molar-refractivity contribution < 1.29 is 28.5 Å². The van der Waals surface area contributed by atoms with E-state index in [1.165, 1.54) is 20.3 Å². The maximum absolute atomic E-state index is 12.6. The van der Waals surface area contributed by atoms with Gasteiger partial charge in [-0.3, -0.25) is 0 Å². The number of ether oxygens (including phenoxy) is 4. The van der Waals surface area contributed by atoms with Crippen LogP contribution in [0.1, 0.15) is 31.8 Å². The fraction of sp³-hybridized carbons (Fsp3) is 0.167. The van der Waals surface area contributed by atoms with Crippen LogP contribution in [0.4, 0.5) is 0 Å². The summed E-state index contributed by atoms with van der Waals surface area (Å²) in [6.45, 7) is 0.348. The molecule has 0 atom stereocenters. The van der Waals surface area contributed by atoms with Crippen molar-refractivity contribution in [3.8, 4) is 11.5 Å². The molecule has 0 saturated carbocycles. The molecule has 7 heteroatoms. The van der Waals surface area contributed by atoms with Gasteiger partial charge in [-0.25, -0.2) is 9.59 Å². The normalized spacial score (nSPS) is 10.3. The summed E-state index contributed by atoms with van der Waals surface area (Å²) >= 11 is 1.97. The van der Waals surface area contributed by atoms with Gasteiger partial charge in [0.25, 0.3) is 0 Å². The third-order valence-corrected chi connectivity index (χ3v) is 5.29. The van der Waals surface area contributed by atoms with E-state index >= 15 is 0 Å². The van der Waals surface area contributed by atoms with Crippen LogP contribution in [0.15, 0.2) is 66.7 Å². The van der Waals surface area contributed by atoms with E-state index in [9.17, 15) is 9.59 Å². The Morgan fingerprint density at radius 3 is 1.71 bits per heavy atom. The summed E-state index contributed by atoms with van der Waals surface area (Å²) in [4.78, 5) is 25.1. The van der Waals surface area contributed by atoms with Crippen LogP contribution >= 0.6 is 22.6 Å². The fourth-order valence-electron chi connectivity index (χ4n) is 2.90. The predicted molar refractivity (Wildman–Crippen MR) is 123 cm³/mol. The van der Waals surface area contributed by atoms with Crippen LogP contribution < -0.4 is 9.47 Å². The van der Waals surface area contributed by atoms with Crippen LogP contribution in [0.3, 0.4) is 0 Å². The first-order valence-electron chi connectivity index (χ1n) is 9.41. The average molecular weight is 532 g/mol. The van der Waals surface area contributed by atoms with Crippen molar-refractivity contribution in [1.29, 1.82) is 0 Å². The quantitative estimate of drug-likeness (QED) is 0.300. The summed E-state index contributed by atoms with van der Waals surface area (Å²) in [7, 11) is 2.58. The van der Waals surface area contributed by atoms with Crippen molar-refractivity contribution >= 4 is 34.5 Å². The van der Waals surface area contributed by atoms with Crippen molar-refractivity contribution in [2.75, 3.05) is 14.2 Å². The first-order chi connectivity index (χ1) is 15.0. The molecule has 0 aliphatic rings. The minimum atomic E-state index is -0.595. The van der Waals surface area contributed by atoms with E-state index < -0.39 is 11.9 Å². The van der Waals surface area contributed by atoms with Gasteiger partial charge < -0.3 is 18.9 Å². The topological polar surface area (TPSA) is 71.1 Å². The molecule has 0 fully saturated rings. The molecule has 0 bridgehead atoms. The minimum absolute atomic E-state index is 0.132. The van der Waals surface area contributed by atoms with E-state index in [1.807, 2.05) is 83.3 Å². The van der Waals surface area contributed by atoms with Gasteiger partial charge in [0.05, 0.1) is 14.2 Å². The minimum Gasteiger partial charge on any atom is -0.484 e. The summed E-state index contributed by atoms with van der Waals surface area (Å²) in [5, 5.41) is 0. The lowest BCUT2D eigenvalue weighted by Gasteiger charge is -2.19. The largest absolute Gasteiger partial charge is 0.484 e. The molecule has 0 aliphatic carbocycles. The molecule has 0 N–H and O–H groups in total. The van der Waals surface area contributed by atoms with Crippen LogP contribution in [0.25, 0.3) is 0 Å². The first kappa shape index (κ1) is 22.6. The molecule has 0 aromatic heterocycles. The number of hydrogen-bond donors (Lipinski definition) is 0. The SMILES string of the molecule is COC(=O)c1cc(I)c(C(=O)OC)c(OCc2ccccc2)c1OCc1ccccc1. The van der Waals surface area contributed by atoms with Crippen LogP contribution in [-0.2, 0) is 22.7 Å². The monoisotopic (exact) mass is 532 g/mol. The maximum atomic E-state index is 12.6. The van der Waals surface area contributed by atoms with Gasteiger partial charge in [-0.1, -0.05) is 60.7 Å². The van der Waals surface area contributed by atoms with Crippen LogP contribution in [-0.4, -0.2) is 26.2 Å². The Hall–Kier alpha value is -3.07. The number of halogens is 1. The van der Waals surface area contributed by atoms with Crippen LogP contribution in [0.2, 0.25) is 0 Å². The zero-order chi connectivity index (χ0) is 22.2. The number of rotatable bonds is 8. The standard InChI is InChI=1S/C24H21IO6/c1-28-23(26)18-13-19(25)20(24(27)29-2)22(31-15-17-11-7-4-8-12-17)21(18)30-14-16-9-5-3-6-10-16/h3-13H,14-15H2,1-2H3. The van der Waals surface area contributed by atoms with Gasteiger partial charge >= 0.3 is 11.9 Å². The zero-order valence-electron chi connectivity index (χ0n) is 17.1. The Morgan fingerprint density at radius 1 is 0.742 bits per heavy atom. The average Bonchev–Trinajstić information content (AvgIpc) is 2.81. The number of esters is 2. The van der Waals surface area contributed by atoms with Crippen LogP contribution in [0.5, 0.6) is 11.5 Å². The molecule has 3 rings (SSSR count). The molecule has 0 heterocycles. The van der Waals surface area contributed by atoms with E-state index in [0.717, 1.165) is 11.1 Å². The molecule has 3 aromatic carbocycles. The second kappa shape index (κ2) is 10.8. The molecular formula is C24H21IO6. The number of benzene rings is 3. The van der Waals surface area contributed by atoms with Gasteiger partial charge in [-0.05, 0) is 39.8 Å². The lowest BCUT2D eigenvalue weighted by molar-refractivity contribution is 0.0575. The van der Waals surface area contributed by atoms with E-state index in [2.05, 4.69) is 0 Å². The van der Waals surface area contributed by atoms with Crippen molar-refractivity contribution in [3.05, 3.63) is 92.6 Å². The second-order valence-corrected chi connectivity index (χ2v) is 7.63. The van der Waals surface area contributed by atoms with Crippen molar-refractivity contribution in [3.63, 3.8) is 0 Å². The summed E-state index contributed by atoms with van der Waals surface area (Å²) < 4.78 is 22.4. The molecule has 160 valence electrons. The Kier molecular flexibility index (Phi) is 7.88. The van der Waals surface area contributed by atoms with Gasteiger partial charge in [0.15, 0.2) is 11.5 Å². The highest BCUT2D eigenvalue weighted by molar-refractivity contribution is 14.1. The number of hydrogen-bond acceptors (Lipinski definition) is 6. The summed E-state index contributed by atoms with van der Waals surface area (Å²) in [6, 6.07) is 20.5. The van der Waals surface area contributed by atoms with E-state index in [-0.39, 0.29) is 35.8 Å². The lowest BCUT2D eigenvalue weighted by atomic mass is 10.1. The summed E-state index contributed by atoms with van der Waals surface area (Å²) in [5.74, 6) is -0.915. The zero-order valence-corrected chi connectivity index (χ0v) is 19.3. The van der Waals surface area contributed by atoms with Gasteiger partial charge in [0.1, 0.15) is 24.3 Å².